The molecule has 1 aliphatic heterocycles. The van der Waals surface area contributed by atoms with Crippen molar-refractivity contribution in [1.29, 1.82) is 0 Å². The van der Waals surface area contributed by atoms with Crippen LogP contribution in [-0.4, -0.2) is 16.0 Å². The molecule has 4 rings (SSSR count). The van der Waals surface area contributed by atoms with Crippen molar-refractivity contribution in [3.63, 3.8) is 0 Å². The molecule has 0 aliphatic carbocycles. The summed E-state index contributed by atoms with van der Waals surface area (Å²) in [5, 5.41) is 0.508. The van der Waals surface area contributed by atoms with Crippen LogP contribution in [0.3, 0.4) is 0 Å². The number of carbonyl (C=O) groups excluding carboxylic acids is 2. The lowest BCUT2D eigenvalue weighted by Gasteiger charge is -2.13. The lowest BCUT2D eigenvalue weighted by Crippen LogP contribution is -2.27. The first kappa shape index (κ1) is 23.8. The number of nitrogens with zero attached hydrogens (tertiary/aromatic N) is 1. The molecule has 0 spiro atoms. The molecule has 0 bridgehead atoms. The number of hydrogen-bond acceptors (Lipinski definition) is 4. The van der Waals surface area contributed by atoms with E-state index >= 15 is 0 Å². The zero-order valence-corrected chi connectivity index (χ0v) is 20.8. The molecule has 4 nitrogen and oxygen atoms in total. The molecule has 168 valence electrons. The van der Waals surface area contributed by atoms with Crippen molar-refractivity contribution in [1.82, 2.24) is 4.90 Å². The Morgan fingerprint density at radius 2 is 1.70 bits per heavy atom. The molecule has 9 heteroatoms. The highest BCUT2D eigenvalue weighted by molar-refractivity contribution is 9.10. The molecule has 3 aromatic carbocycles. The zero-order chi connectivity index (χ0) is 23.5. The standard InChI is InChI=1S/C24H15BrCl2FNO3S/c25-17-4-8-21(32-13-15-3-7-19(26)20(27)9-15)16(10-17)11-22-23(30)29(24(31)33-22)12-14-1-5-18(28)6-2-14/h1-11H,12-13H2. The Morgan fingerprint density at radius 3 is 2.42 bits per heavy atom. The number of rotatable bonds is 6. The van der Waals surface area contributed by atoms with Gasteiger partial charge in [0.25, 0.3) is 11.1 Å². The topological polar surface area (TPSA) is 46.6 Å². The van der Waals surface area contributed by atoms with E-state index in [1.807, 2.05) is 12.1 Å². The molecule has 0 atom stereocenters. The summed E-state index contributed by atoms with van der Waals surface area (Å²) in [5.74, 6) is -0.254. The zero-order valence-electron chi connectivity index (χ0n) is 16.9. The van der Waals surface area contributed by atoms with Crippen LogP contribution in [0.5, 0.6) is 5.75 Å². The monoisotopic (exact) mass is 565 g/mol. The normalized spacial score (nSPS) is 14.9. The second kappa shape index (κ2) is 10.3. The fourth-order valence-electron chi connectivity index (χ4n) is 3.10. The van der Waals surface area contributed by atoms with Crippen LogP contribution >= 0.6 is 50.9 Å². The van der Waals surface area contributed by atoms with E-state index in [-0.39, 0.29) is 29.1 Å². The minimum Gasteiger partial charge on any atom is -0.488 e. The van der Waals surface area contributed by atoms with Gasteiger partial charge in [-0.05, 0) is 71.4 Å². The van der Waals surface area contributed by atoms with Gasteiger partial charge in [0.2, 0.25) is 0 Å². The fraction of sp³-hybridized carbons (Fsp3) is 0.0833. The summed E-state index contributed by atoms with van der Waals surface area (Å²) in [6, 6.07) is 16.3. The highest BCUT2D eigenvalue weighted by Crippen LogP contribution is 2.36. The predicted molar refractivity (Wildman–Crippen MR) is 133 cm³/mol. The molecular weight excluding hydrogens is 552 g/mol. The molecule has 33 heavy (non-hydrogen) atoms. The smallest absolute Gasteiger partial charge is 0.293 e. The number of imide groups is 1. The summed E-state index contributed by atoms with van der Waals surface area (Å²) in [5.41, 5.74) is 2.13. The van der Waals surface area contributed by atoms with E-state index in [4.69, 9.17) is 27.9 Å². The number of amides is 2. The quantitative estimate of drug-likeness (QED) is 0.287. The van der Waals surface area contributed by atoms with Gasteiger partial charge in [-0.15, -0.1) is 0 Å². The maximum atomic E-state index is 13.1. The molecule has 2 amide bonds. The van der Waals surface area contributed by atoms with Gasteiger partial charge in [-0.2, -0.15) is 0 Å². The van der Waals surface area contributed by atoms with Crippen molar-refractivity contribution in [3.8, 4) is 5.75 Å². The maximum absolute atomic E-state index is 13.1. The lowest BCUT2D eigenvalue weighted by atomic mass is 10.1. The van der Waals surface area contributed by atoms with Gasteiger partial charge in [0.15, 0.2) is 0 Å². The van der Waals surface area contributed by atoms with Crippen molar-refractivity contribution in [2.75, 3.05) is 0 Å². The van der Waals surface area contributed by atoms with Gasteiger partial charge in [-0.1, -0.05) is 57.3 Å². The third kappa shape index (κ3) is 5.79. The Bertz CT molecular complexity index is 1270. The summed E-state index contributed by atoms with van der Waals surface area (Å²) >= 11 is 16.3. The molecule has 1 heterocycles. The molecular formula is C24H15BrCl2FNO3S. The summed E-state index contributed by atoms with van der Waals surface area (Å²) < 4.78 is 19.9. The highest BCUT2D eigenvalue weighted by atomic mass is 79.9. The summed E-state index contributed by atoms with van der Waals surface area (Å²) in [6.07, 6.45) is 1.63. The second-order valence-corrected chi connectivity index (χ2v) is 9.84. The van der Waals surface area contributed by atoms with Gasteiger partial charge in [0.1, 0.15) is 18.2 Å². The molecule has 0 aromatic heterocycles. The Labute approximate surface area is 212 Å². The number of ether oxygens (including phenoxy) is 1. The van der Waals surface area contributed by atoms with Gasteiger partial charge < -0.3 is 4.74 Å². The minimum absolute atomic E-state index is 0.0709. The SMILES string of the molecule is O=C1SC(=Cc2cc(Br)ccc2OCc2ccc(Cl)c(Cl)c2)C(=O)N1Cc1ccc(F)cc1. The minimum atomic E-state index is -0.412. The molecule has 0 N–H and O–H groups in total. The summed E-state index contributed by atoms with van der Waals surface area (Å²) in [4.78, 5) is 26.8. The van der Waals surface area contributed by atoms with E-state index in [1.54, 1.807) is 42.5 Å². The third-order valence-electron chi connectivity index (χ3n) is 4.76. The van der Waals surface area contributed by atoms with Crippen molar-refractivity contribution in [2.24, 2.45) is 0 Å². The molecule has 1 saturated heterocycles. The van der Waals surface area contributed by atoms with Crippen LogP contribution in [0.1, 0.15) is 16.7 Å². The fourth-order valence-corrected chi connectivity index (χ4v) is 4.63. The number of benzene rings is 3. The Morgan fingerprint density at radius 1 is 0.970 bits per heavy atom. The van der Waals surface area contributed by atoms with Gasteiger partial charge in [-0.3, -0.25) is 14.5 Å². The van der Waals surface area contributed by atoms with Crippen LogP contribution in [-0.2, 0) is 17.9 Å². The number of carbonyl (C=O) groups is 2. The van der Waals surface area contributed by atoms with Gasteiger partial charge >= 0.3 is 0 Å². The maximum Gasteiger partial charge on any atom is 0.293 e. The number of hydrogen-bond donors (Lipinski definition) is 0. The number of halogens is 4. The lowest BCUT2D eigenvalue weighted by molar-refractivity contribution is -0.123. The van der Waals surface area contributed by atoms with Crippen LogP contribution in [0.4, 0.5) is 9.18 Å². The van der Waals surface area contributed by atoms with Crippen molar-refractivity contribution >= 4 is 68.1 Å². The van der Waals surface area contributed by atoms with Crippen LogP contribution in [0.2, 0.25) is 10.0 Å². The van der Waals surface area contributed by atoms with E-state index in [2.05, 4.69) is 15.9 Å². The predicted octanol–water partition coefficient (Wildman–Crippen LogP) is 7.71. The van der Waals surface area contributed by atoms with Crippen LogP contribution in [0.25, 0.3) is 6.08 Å². The molecule has 1 aliphatic rings. The Hall–Kier alpha value is -2.32. The first-order chi connectivity index (χ1) is 15.8. The van der Waals surface area contributed by atoms with Crippen LogP contribution in [0.15, 0.2) is 70.0 Å². The molecule has 0 radical (unpaired) electrons. The van der Waals surface area contributed by atoms with Crippen molar-refractivity contribution in [3.05, 3.63) is 103 Å². The molecule has 1 fully saturated rings. The van der Waals surface area contributed by atoms with Gasteiger partial charge in [-0.25, -0.2) is 4.39 Å². The van der Waals surface area contributed by atoms with Crippen molar-refractivity contribution < 1.29 is 18.7 Å². The van der Waals surface area contributed by atoms with Crippen LogP contribution < -0.4 is 4.74 Å². The highest BCUT2D eigenvalue weighted by Gasteiger charge is 2.35. The first-order valence-corrected chi connectivity index (χ1v) is 12.0. The van der Waals surface area contributed by atoms with E-state index in [0.717, 1.165) is 26.7 Å². The molecule has 3 aromatic rings. The largest absolute Gasteiger partial charge is 0.488 e. The van der Waals surface area contributed by atoms with Gasteiger partial charge in [0, 0.05) is 10.0 Å². The van der Waals surface area contributed by atoms with E-state index in [0.29, 0.717) is 26.9 Å². The first-order valence-electron chi connectivity index (χ1n) is 9.66. The van der Waals surface area contributed by atoms with Gasteiger partial charge in [0.05, 0.1) is 21.5 Å². The van der Waals surface area contributed by atoms with E-state index in [9.17, 15) is 14.0 Å². The third-order valence-corrected chi connectivity index (χ3v) is 6.90. The summed E-state index contributed by atoms with van der Waals surface area (Å²) in [6.45, 7) is 0.312. The van der Waals surface area contributed by atoms with E-state index < -0.39 is 5.91 Å². The van der Waals surface area contributed by atoms with Crippen molar-refractivity contribution in [2.45, 2.75) is 13.2 Å². The number of thioether (sulfide) groups is 1. The Kier molecular flexibility index (Phi) is 7.44. The average Bonchev–Trinajstić information content (AvgIpc) is 3.04. The summed E-state index contributed by atoms with van der Waals surface area (Å²) in [7, 11) is 0. The second-order valence-electron chi connectivity index (χ2n) is 7.11. The van der Waals surface area contributed by atoms with E-state index in [1.165, 1.54) is 12.1 Å². The van der Waals surface area contributed by atoms with Crippen LogP contribution in [0, 0.1) is 5.82 Å². The molecule has 0 saturated carbocycles. The molecule has 0 unspecified atom stereocenters. The average molecular weight is 567 g/mol. The Balaban J connectivity index is 1.54.